The maximum absolute atomic E-state index is 9.13. The summed E-state index contributed by atoms with van der Waals surface area (Å²) in [6.07, 6.45) is 4.97. The molecule has 156 valence electrons. The lowest BCUT2D eigenvalue weighted by molar-refractivity contribution is -0.105. The summed E-state index contributed by atoms with van der Waals surface area (Å²) in [5.41, 5.74) is 14.4. The summed E-state index contributed by atoms with van der Waals surface area (Å²) >= 11 is 8.42. The fourth-order valence-electron chi connectivity index (χ4n) is 0.234. The number of thiazole rings is 1. The number of anilines is 1. The number of carbonyl (C=O) groups is 1. The summed E-state index contributed by atoms with van der Waals surface area (Å²) in [5, 5.41) is 10.5. The maximum Gasteiger partial charge on any atom is 0.179 e. The monoisotopic (exact) mass is 464 g/mol. The highest BCUT2D eigenvalue weighted by Gasteiger charge is 1.76. The quantitative estimate of drug-likeness (QED) is 0.271. The van der Waals surface area contributed by atoms with Gasteiger partial charge in [0.2, 0.25) is 0 Å². The zero-order chi connectivity index (χ0) is 19.5. The van der Waals surface area contributed by atoms with Crippen molar-refractivity contribution in [2.45, 2.75) is 62.3 Å². The first-order chi connectivity index (χ1) is 10.8. The van der Waals surface area contributed by atoms with Crippen molar-refractivity contribution in [3.05, 3.63) is 11.6 Å². The van der Waals surface area contributed by atoms with Gasteiger partial charge in [0.05, 0.1) is 5.33 Å². The van der Waals surface area contributed by atoms with Gasteiger partial charge in [-0.3, -0.25) is 0 Å². The Kier molecular flexibility index (Phi) is 99.9. The number of carbonyl (C=O) groups excluding carboxylic acids is 1. The van der Waals surface area contributed by atoms with Crippen molar-refractivity contribution in [3.8, 4) is 0 Å². The van der Waals surface area contributed by atoms with Crippen LogP contribution >= 0.6 is 39.5 Å². The molecule has 0 bridgehead atoms. The molecule has 1 rings (SSSR count). The Morgan fingerprint density at radius 2 is 1.48 bits per heavy atom. The number of alkyl halides is 1. The van der Waals surface area contributed by atoms with Crippen LogP contribution in [0.1, 0.15) is 62.3 Å². The van der Waals surface area contributed by atoms with Crippen LogP contribution < -0.4 is 17.2 Å². The van der Waals surface area contributed by atoms with Gasteiger partial charge in [-0.2, -0.15) is 0 Å². The molecule has 0 unspecified atom stereocenters. The van der Waals surface area contributed by atoms with Crippen molar-refractivity contribution in [2.75, 3.05) is 17.7 Å². The Balaban J connectivity index is -0.0000000315. The number of aldehydes is 1. The number of nitrogen functional groups attached to an aromatic ring is 1. The molecule has 0 radical (unpaired) electrons. The van der Waals surface area contributed by atoms with Crippen LogP contribution in [-0.2, 0) is 4.79 Å². The molecule has 7 N–H and O–H groups in total. The molecule has 0 aliphatic rings. The second kappa shape index (κ2) is 56.7. The van der Waals surface area contributed by atoms with Crippen molar-refractivity contribution < 1.29 is 9.90 Å². The van der Waals surface area contributed by atoms with Crippen molar-refractivity contribution in [2.24, 2.45) is 11.5 Å². The van der Waals surface area contributed by atoms with Gasteiger partial charge in [0.1, 0.15) is 6.29 Å². The molecular formula is C16H41BrN4O2S2. The normalized spacial score (nSPS) is 6.20. The number of halogens is 1. The predicted octanol–water partition coefficient (Wildman–Crippen LogP) is 4.60. The van der Waals surface area contributed by atoms with E-state index in [1.807, 2.05) is 5.38 Å². The van der Waals surface area contributed by atoms with Crippen LogP contribution in [0.5, 0.6) is 0 Å². The number of rotatable bonds is 1. The highest BCUT2D eigenvalue weighted by atomic mass is 79.9. The maximum atomic E-state index is 9.13. The minimum absolute atomic E-state index is 0. The Hall–Kier alpha value is -0.770. The average Bonchev–Trinajstić information content (AvgIpc) is 2.92. The van der Waals surface area contributed by atoms with Gasteiger partial charge in [-0.25, -0.2) is 4.98 Å². The van der Waals surface area contributed by atoms with E-state index in [9.17, 15) is 0 Å². The first kappa shape index (κ1) is 44.0. The van der Waals surface area contributed by atoms with Crippen molar-refractivity contribution in [1.29, 1.82) is 0 Å². The number of aliphatic hydroxyl groups is 1. The largest absolute Gasteiger partial charge is 0.397 e. The van der Waals surface area contributed by atoms with Gasteiger partial charge < -0.3 is 27.1 Å². The van der Waals surface area contributed by atoms with E-state index in [4.69, 9.17) is 15.6 Å². The van der Waals surface area contributed by atoms with Gasteiger partial charge in [0.15, 0.2) is 10.2 Å². The molecule has 6 nitrogen and oxygen atoms in total. The third-order valence-corrected chi connectivity index (χ3v) is 1.38. The van der Waals surface area contributed by atoms with E-state index in [1.165, 1.54) is 24.2 Å². The number of nitrogens with two attached hydrogens (primary N) is 3. The molecule has 1 aromatic rings. The molecule has 0 fully saturated rings. The molecule has 0 saturated carbocycles. The molecule has 0 spiro atoms. The van der Waals surface area contributed by atoms with Crippen LogP contribution in [0.3, 0.4) is 0 Å². The van der Waals surface area contributed by atoms with Gasteiger partial charge in [-0.15, -0.1) is 11.3 Å². The first-order valence-corrected chi connectivity index (χ1v) is 9.50. The standard InChI is InChI=1S/C3H4N2S.2C3H8.C2H3BrO.C2H6O.CH4N2S.2CH4/c4-3-5-1-2-6-3;2*1-3-2;3-1-2-4;1-2-3;2-1(3)4;;/h1-2H,(H2,4,5);2*3H2,1-2H3;2H,1H2;3H,2H2,1H3;(H4,2,3,4);2*1H4. The number of aliphatic hydroxyl groups excluding tert-OH is 1. The van der Waals surface area contributed by atoms with Crippen LogP contribution in [-0.4, -0.2) is 33.4 Å². The van der Waals surface area contributed by atoms with Crippen LogP contribution in [0.2, 0.25) is 0 Å². The molecule has 0 aromatic carbocycles. The van der Waals surface area contributed by atoms with Gasteiger partial charge in [-0.1, -0.05) is 71.3 Å². The smallest absolute Gasteiger partial charge is 0.179 e. The molecule has 0 atom stereocenters. The second-order valence-corrected chi connectivity index (χ2v) is 5.37. The summed E-state index contributed by atoms with van der Waals surface area (Å²) in [4.78, 5) is 12.8. The topological polar surface area (TPSA) is 128 Å². The summed E-state index contributed by atoms with van der Waals surface area (Å²) in [6.45, 7) is 10.4. The molecule has 9 heteroatoms. The van der Waals surface area contributed by atoms with Crippen LogP contribution in [0, 0.1) is 0 Å². The highest BCUT2D eigenvalue weighted by molar-refractivity contribution is 9.09. The number of hydrogen-bond donors (Lipinski definition) is 4. The second-order valence-electron chi connectivity index (χ2n) is 3.32. The molecule has 25 heavy (non-hydrogen) atoms. The molecular weight excluding hydrogens is 424 g/mol. The summed E-state index contributed by atoms with van der Waals surface area (Å²) < 4.78 is 0. The minimum Gasteiger partial charge on any atom is -0.397 e. The van der Waals surface area contributed by atoms with E-state index < -0.39 is 0 Å². The number of hydrogen-bond acceptors (Lipinski definition) is 6. The van der Waals surface area contributed by atoms with E-state index in [0.717, 1.165) is 6.29 Å². The van der Waals surface area contributed by atoms with Gasteiger partial charge in [0, 0.05) is 18.2 Å². The lowest BCUT2D eigenvalue weighted by atomic mass is 10.6. The van der Waals surface area contributed by atoms with E-state index in [-0.39, 0.29) is 26.6 Å². The molecule has 1 aromatic heterocycles. The molecule has 0 aliphatic heterocycles. The SMILES string of the molecule is C.C.CCC.CCC.CCO.NC(N)=S.Nc1nccs1.O=CCBr. The van der Waals surface area contributed by atoms with E-state index in [2.05, 4.69) is 72.3 Å². The lowest BCUT2D eigenvalue weighted by Gasteiger charge is -1.68. The van der Waals surface area contributed by atoms with Gasteiger partial charge in [-0.05, 0) is 19.1 Å². The fourth-order valence-corrected chi connectivity index (χ4v) is 0.617. The van der Waals surface area contributed by atoms with Crippen molar-refractivity contribution >= 4 is 56.0 Å². The van der Waals surface area contributed by atoms with Crippen molar-refractivity contribution in [3.63, 3.8) is 0 Å². The van der Waals surface area contributed by atoms with Gasteiger partial charge >= 0.3 is 0 Å². The fraction of sp³-hybridized carbons (Fsp3) is 0.688. The zero-order valence-corrected chi connectivity index (χ0v) is 18.0. The number of nitrogens with zero attached hydrogens (tertiary/aromatic N) is 1. The van der Waals surface area contributed by atoms with E-state index in [0.29, 0.717) is 10.5 Å². The Morgan fingerprint density at radius 1 is 1.24 bits per heavy atom. The Morgan fingerprint density at radius 3 is 1.52 bits per heavy atom. The molecule has 1 heterocycles. The van der Waals surface area contributed by atoms with Crippen LogP contribution in [0.4, 0.5) is 5.13 Å². The molecule has 0 amide bonds. The van der Waals surface area contributed by atoms with Crippen molar-refractivity contribution in [1.82, 2.24) is 4.98 Å². The summed E-state index contributed by atoms with van der Waals surface area (Å²) in [6, 6.07) is 0. The third-order valence-electron chi connectivity index (χ3n) is 0.514. The zero-order valence-electron chi connectivity index (χ0n) is 14.8. The van der Waals surface area contributed by atoms with E-state index >= 15 is 0 Å². The van der Waals surface area contributed by atoms with Crippen LogP contribution in [0.25, 0.3) is 0 Å². The Labute approximate surface area is 173 Å². The molecule has 0 saturated heterocycles. The minimum atomic E-state index is 0. The third kappa shape index (κ3) is 200. The highest BCUT2D eigenvalue weighted by Crippen LogP contribution is 2.02. The van der Waals surface area contributed by atoms with E-state index in [1.54, 1.807) is 13.1 Å². The average molecular weight is 466 g/mol. The first-order valence-electron chi connectivity index (χ1n) is 7.09. The molecule has 0 aliphatic carbocycles. The summed E-state index contributed by atoms with van der Waals surface area (Å²) in [7, 11) is 0. The lowest BCUT2D eigenvalue weighted by Crippen LogP contribution is -2.18. The van der Waals surface area contributed by atoms with Gasteiger partial charge in [0.25, 0.3) is 0 Å². The Bertz CT molecular complexity index is 283. The number of thiocarbonyl (C=S) groups is 1. The number of aromatic nitrogens is 1. The predicted molar refractivity (Wildman–Crippen MR) is 126 cm³/mol. The summed E-state index contributed by atoms with van der Waals surface area (Å²) in [5.74, 6) is 0. The van der Waals surface area contributed by atoms with Crippen LogP contribution in [0.15, 0.2) is 11.6 Å².